The minimum Gasteiger partial charge on any atom is -0.337 e. The van der Waals surface area contributed by atoms with E-state index in [0.717, 1.165) is 50.0 Å². The van der Waals surface area contributed by atoms with Gasteiger partial charge in [0, 0.05) is 19.2 Å². The number of aromatic nitrogens is 2. The van der Waals surface area contributed by atoms with E-state index >= 15 is 0 Å². The van der Waals surface area contributed by atoms with E-state index in [1.54, 1.807) is 4.90 Å². The Morgan fingerprint density at radius 3 is 2.93 bits per heavy atom. The standard InChI is InChI=1S/C21H29N5O2/c1-15-5-4-6-16(11-15)19-23-18(28-24-19)13-25(2)20(27)17-12-21(14-26(17)3)7-9-22-10-8-21/h4-6,11,17,22H,7-10,12-14H2,1-3H3. The predicted octanol–water partition coefficient (Wildman–Crippen LogP) is 2.08. The van der Waals surface area contributed by atoms with E-state index in [2.05, 4.69) is 27.4 Å². The third-order valence-corrected chi connectivity index (χ3v) is 6.19. The van der Waals surface area contributed by atoms with Crippen molar-refractivity contribution in [3.63, 3.8) is 0 Å². The van der Waals surface area contributed by atoms with E-state index in [0.29, 0.717) is 18.3 Å². The molecule has 3 heterocycles. The molecule has 0 bridgehead atoms. The van der Waals surface area contributed by atoms with Crippen molar-refractivity contribution in [2.75, 3.05) is 33.7 Å². The first-order chi connectivity index (χ1) is 13.5. The van der Waals surface area contributed by atoms with Crippen molar-refractivity contribution in [1.29, 1.82) is 0 Å². The van der Waals surface area contributed by atoms with Crippen molar-refractivity contribution >= 4 is 5.91 Å². The molecule has 1 unspecified atom stereocenters. The van der Waals surface area contributed by atoms with Gasteiger partial charge in [-0.15, -0.1) is 0 Å². The first-order valence-electron chi connectivity index (χ1n) is 10.0. The van der Waals surface area contributed by atoms with Gasteiger partial charge in [-0.05, 0) is 57.8 Å². The molecule has 4 rings (SSSR count). The van der Waals surface area contributed by atoms with Crippen molar-refractivity contribution in [2.24, 2.45) is 5.41 Å². The lowest BCUT2D eigenvalue weighted by Crippen LogP contribution is -2.42. The Bertz CT molecular complexity index is 843. The molecule has 150 valence electrons. The molecule has 1 atom stereocenters. The summed E-state index contributed by atoms with van der Waals surface area (Å²) in [6.07, 6.45) is 3.23. The molecule has 28 heavy (non-hydrogen) atoms. The molecule has 2 aliphatic heterocycles. The number of nitrogens with zero attached hydrogens (tertiary/aromatic N) is 4. The van der Waals surface area contributed by atoms with Crippen LogP contribution in [0, 0.1) is 12.3 Å². The SMILES string of the molecule is Cc1cccc(-c2noc(CN(C)C(=O)C3CC4(CCNCC4)CN3C)n2)c1. The molecule has 0 saturated carbocycles. The fourth-order valence-corrected chi connectivity index (χ4v) is 4.62. The number of carbonyl (C=O) groups is 1. The van der Waals surface area contributed by atoms with Gasteiger partial charge in [0.15, 0.2) is 0 Å². The first-order valence-corrected chi connectivity index (χ1v) is 10.0. The summed E-state index contributed by atoms with van der Waals surface area (Å²) in [7, 11) is 3.88. The van der Waals surface area contributed by atoms with Crippen LogP contribution in [0.4, 0.5) is 0 Å². The van der Waals surface area contributed by atoms with Crippen molar-refractivity contribution in [3.05, 3.63) is 35.7 Å². The van der Waals surface area contributed by atoms with Gasteiger partial charge in [0.25, 0.3) is 0 Å². The van der Waals surface area contributed by atoms with Gasteiger partial charge in [0.05, 0.1) is 12.6 Å². The number of benzene rings is 1. The van der Waals surface area contributed by atoms with Crippen LogP contribution in [0.25, 0.3) is 11.4 Å². The Morgan fingerprint density at radius 1 is 1.39 bits per heavy atom. The van der Waals surface area contributed by atoms with E-state index in [1.807, 2.05) is 38.2 Å². The average molecular weight is 383 g/mol. The summed E-state index contributed by atoms with van der Waals surface area (Å²) in [5.41, 5.74) is 2.35. The average Bonchev–Trinajstić information content (AvgIpc) is 3.26. The number of piperidine rings is 1. The molecular formula is C21H29N5O2. The number of nitrogens with one attached hydrogen (secondary N) is 1. The number of likely N-dealkylation sites (N-methyl/N-ethyl adjacent to an activating group) is 2. The number of rotatable bonds is 4. The van der Waals surface area contributed by atoms with Crippen LogP contribution in [0.2, 0.25) is 0 Å². The molecule has 2 aliphatic rings. The topological polar surface area (TPSA) is 74.5 Å². The van der Waals surface area contributed by atoms with Gasteiger partial charge >= 0.3 is 0 Å². The maximum Gasteiger partial charge on any atom is 0.246 e. The number of hydrogen-bond donors (Lipinski definition) is 1. The van der Waals surface area contributed by atoms with Crippen LogP contribution in [-0.2, 0) is 11.3 Å². The molecule has 2 fully saturated rings. The summed E-state index contributed by atoms with van der Waals surface area (Å²) in [5, 5.41) is 7.51. The summed E-state index contributed by atoms with van der Waals surface area (Å²) in [4.78, 5) is 21.5. The summed E-state index contributed by atoms with van der Waals surface area (Å²) in [5.74, 6) is 1.16. The van der Waals surface area contributed by atoms with Gasteiger partial charge < -0.3 is 14.7 Å². The van der Waals surface area contributed by atoms with Crippen molar-refractivity contribution in [1.82, 2.24) is 25.3 Å². The van der Waals surface area contributed by atoms with Gasteiger partial charge in [-0.25, -0.2) is 0 Å². The highest BCUT2D eigenvalue weighted by atomic mass is 16.5. The van der Waals surface area contributed by atoms with E-state index in [-0.39, 0.29) is 17.4 Å². The first kappa shape index (κ1) is 19.1. The van der Waals surface area contributed by atoms with Crippen molar-refractivity contribution < 1.29 is 9.32 Å². The predicted molar refractivity (Wildman–Crippen MR) is 107 cm³/mol. The fourth-order valence-electron chi connectivity index (χ4n) is 4.62. The lowest BCUT2D eigenvalue weighted by molar-refractivity contribution is -0.135. The number of hydrogen-bond acceptors (Lipinski definition) is 6. The lowest BCUT2D eigenvalue weighted by Gasteiger charge is -2.33. The third-order valence-electron chi connectivity index (χ3n) is 6.19. The monoisotopic (exact) mass is 383 g/mol. The molecule has 1 aromatic carbocycles. The second-order valence-corrected chi connectivity index (χ2v) is 8.46. The molecular weight excluding hydrogens is 354 g/mol. The Hall–Kier alpha value is -2.25. The smallest absolute Gasteiger partial charge is 0.246 e. The van der Waals surface area contributed by atoms with Gasteiger partial charge in [-0.1, -0.05) is 28.9 Å². The van der Waals surface area contributed by atoms with Crippen LogP contribution in [0.15, 0.2) is 28.8 Å². The number of likely N-dealkylation sites (tertiary alicyclic amines) is 1. The highest BCUT2D eigenvalue weighted by molar-refractivity contribution is 5.82. The van der Waals surface area contributed by atoms with Gasteiger partial charge in [-0.2, -0.15) is 4.98 Å². The molecule has 1 aromatic heterocycles. The molecule has 2 aromatic rings. The molecule has 0 aliphatic carbocycles. The number of aryl methyl sites for hydroxylation is 1. The largest absolute Gasteiger partial charge is 0.337 e. The molecule has 0 radical (unpaired) electrons. The molecule has 7 nitrogen and oxygen atoms in total. The number of carbonyl (C=O) groups excluding carboxylic acids is 1. The molecule has 1 amide bonds. The quantitative estimate of drug-likeness (QED) is 0.871. The van der Waals surface area contributed by atoms with Gasteiger partial charge in [-0.3, -0.25) is 9.69 Å². The Kier molecular flexibility index (Phi) is 5.21. The van der Waals surface area contributed by atoms with Crippen LogP contribution in [0.1, 0.15) is 30.7 Å². The minimum absolute atomic E-state index is 0.0673. The number of amides is 1. The molecule has 1 N–H and O–H groups in total. The van der Waals surface area contributed by atoms with Gasteiger partial charge in [0.2, 0.25) is 17.6 Å². The molecule has 7 heteroatoms. The van der Waals surface area contributed by atoms with E-state index in [9.17, 15) is 4.79 Å². The van der Waals surface area contributed by atoms with Crippen LogP contribution in [0.3, 0.4) is 0 Å². The summed E-state index contributed by atoms with van der Waals surface area (Å²) in [6, 6.07) is 7.92. The van der Waals surface area contributed by atoms with E-state index in [4.69, 9.17) is 4.52 Å². The van der Waals surface area contributed by atoms with Crippen LogP contribution >= 0.6 is 0 Å². The molecule has 2 saturated heterocycles. The minimum atomic E-state index is -0.0673. The maximum absolute atomic E-state index is 13.1. The third kappa shape index (κ3) is 3.82. The second kappa shape index (κ2) is 7.64. The van der Waals surface area contributed by atoms with Crippen LogP contribution in [-0.4, -0.2) is 65.6 Å². The van der Waals surface area contributed by atoms with Gasteiger partial charge in [0.1, 0.15) is 0 Å². The van der Waals surface area contributed by atoms with Crippen molar-refractivity contribution in [2.45, 2.75) is 38.8 Å². The lowest BCUT2D eigenvalue weighted by atomic mass is 9.77. The summed E-state index contributed by atoms with van der Waals surface area (Å²) < 4.78 is 5.40. The maximum atomic E-state index is 13.1. The fraction of sp³-hybridized carbons (Fsp3) is 0.571. The molecule has 1 spiro atoms. The zero-order valence-corrected chi connectivity index (χ0v) is 16.9. The zero-order valence-electron chi connectivity index (χ0n) is 16.9. The Morgan fingerprint density at radius 2 is 2.18 bits per heavy atom. The highest BCUT2D eigenvalue weighted by Gasteiger charge is 2.46. The summed E-state index contributed by atoms with van der Waals surface area (Å²) >= 11 is 0. The Balaban J connectivity index is 1.41. The second-order valence-electron chi connectivity index (χ2n) is 8.46. The van der Waals surface area contributed by atoms with E-state index in [1.165, 1.54) is 0 Å². The van der Waals surface area contributed by atoms with Crippen molar-refractivity contribution in [3.8, 4) is 11.4 Å². The Labute approximate surface area is 166 Å². The normalized spacial score (nSPS) is 21.9. The van der Waals surface area contributed by atoms with Crippen LogP contribution in [0.5, 0.6) is 0 Å². The highest BCUT2D eigenvalue weighted by Crippen LogP contribution is 2.41. The summed E-state index contributed by atoms with van der Waals surface area (Å²) in [6.45, 7) is 5.46. The van der Waals surface area contributed by atoms with E-state index < -0.39 is 0 Å². The van der Waals surface area contributed by atoms with Crippen LogP contribution < -0.4 is 5.32 Å². The zero-order chi connectivity index (χ0) is 19.7.